The van der Waals surface area contributed by atoms with Crippen molar-refractivity contribution in [3.05, 3.63) is 50.1 Å². The average molecular weight is 471 g/mol. The maximum absolute atomic E-state index is 13.0. The van der Waals surface area contributed by atoms with Gasteiger partial charge in [-0.05, 0) is 65.5 Å². The zero-order chi connectivity index (χ0) is 19.6. The number of carbonyl (C=O) groups is 1. The maximum Gasteiger partial charge on any atom is 0.253 e. The van der Waals surface area contributed by atoms with Crippen LogP contribution in [0.25, 0.3) is 0 Å². The molecule has 1 amide bonds. The first-order valence-corrected chi connectivity index (χ1v) is 11.9. The van der Waals surface area contributed by atoms with E-state index in [1.165, 1.54) is 6.07 Å². The summed E-state index contributed by atoms with van der Waals surface area (Å²) in [6, 6.07) is 8.88. The predicted molar refractivity (Wildman–Crippen MR) is 112 cm³/mol. The molecule has 2 heterocycles. The summed E-state index contributed by atoms with van der Waals surface area (Å²) in [5.41, 5.74) is 1.07. The Bertz CT molecular complexity index is 934. The minimum Gasteiger partial charge on any atom is -0.337 e. The molecule has 27 heavy (non-hydrogen) atoms. The lowest BCUT2D eigenvalue weighted by atomic mass is 10.1. The van der Waals surface area contributed by atoms with Crippen LogP contribution in [0.4, 0.5) is 0 Å². The van der Waals surface area contributed by atoms with Crippen molar-refractivity contribution in [2.45, 2.75) is 37.6 Å². The highest BCUT2D eigenvalue weighted by atomic mass is 79.9. The topological polar surface area (TPSA) is 57.7 Å². The van der Waals surface area contributed by atoms with Gasteiger partial charge in [0.1, 0.15) is 0 Å². The van der Waals surface area contributed by atoms with Crippen LogP contribution in [0, 0.1) is 6.92 Å². The van der Waals surface area contributed by atoms with E-state index in [2.05, 4.69) is 15.9 Å². The summed E-state index contributed by atoms with van der Waals surface area (Å²) in [5, 5.41) is 0. The van der Waals surface area contributed by atoms with Gasteiger partial charge in [-0.3, -0.25) is 4.79 Å². The largest absolute Gasteiger partial charge is 0.337 e. The van der Waals surface area contributed by atoms with E-state index < -0.39 is 10.0 Å². The zero-order valence-corrected chi connectivity index (χ0v) is 18.7. The molecule has 2 aromatic rings. The molecule has 1 saturated heterocycles. The number of sulfonamides is 1. The van der Waals surface area contributed by atoms with E-state index in [4.69, 9.17) is 0 Å². The highest BCUT2D eigenvalue weighted by Gasteiger charge is 2.28. The Morgan fingerprint density at radius 1 is 1.19 bits per heavy atom. The number of carbonyl (C=O) groups excluding carboxylic acids is 1. The lowest BCUT2D eigenvalue weighted by Crippen LogP contribution is -2.36. The summed E-state index contributed by atoms with van der Waals surface area (Å²) in [4.78, 5) is 15.7. The molecule has 0 radical (unpaired) electrons. The molecule has 5 nitrogen and oxygen atoms in total. The number of hydrogen-bond donors (Lipinski definition) is 0. The van der Waals surface area contributed by atoms with Crippen LogP contribution < -0.4 is 0 Å². The zero-order valence-electron chi connectivity index (χ0n) is 15.4. The van der Waals surface area contributed by atoms with Gasteiger partial charge in [0, 0.05) is 30.6 Å². The van der Waals surface area contributed by atoms with Crippen LogP contribution >= 0.6 is 27.3 Å². The van der Waals surface area contributed by atoms with Crippen molar-refractivity contribution < 1.29 is 13.2 Å². The van der Waals surface area contributed by atoms with Gasteiger partial charge < -0.3 is 4.90 Å². The Morgan fingerprint density at radius 2 is 1.89 bits per heavy atom. The monoisotopic (exact) mass is 470 g/mol. The number of piperidine rings is 1. The Labute approximate surface area is 173 Å². The van der Waals surface area contributed by atoms with Crippen LogP contribution in [0.5, 0.6) is 0 Å². The molecule has 1 aliphatic heterocycles. The number of benzene rings is 1. The van der Waals surface area contributed by atoms with Gasteiger partial charge in [-0.25, -0.2) is 8.42 Å². The van der Waals surface area contributed by atoms with Crippen LogP contribution in [-0.2, 0) is 16.6 Å². The third-order valence-corrected chi connectivity index (χ3v) is 8.39. The van der Waals surface area contributed by atoms with Crippen LogP contribution in [-0.4, -0.2) is 43.7 Å². The van der Waals surface area contributed by atoms with E-state index >= 15 is 0 Å². The first-order valence-electron chi connectivity index (χ1n) is 8.89. The molecule has 0 atom stereocenters. The first-order chi connectivity index (χ1) is 12.8. The van der Waals surface area contributed by atoms with Crippen molar-refractivity contribution >= 4 is 43.2 Å². The van der Waals surface area contributed by atoms with Crippen molar-refractivity contribution in [2.75, 3.05) is 20.1 Å². The molecule has 0 bridgehead atoms. The molecule has 0 aliphatic carbocycles. The Morgan fingerprint density at radius 3 is 2.52 bits per heavy atom. The second-order valence-corrected chi connectivity index (χ2v) is 11.3. The predicted octanol–water partition coefficient (Wildman–Crippen LogP) is 4.27. The smallest absolute Gasteiger partial charge is 0.253 e. The van der Waals surface area contributed by atoms with Gasteiger partial charge in [-0.1, -0.05) is 12.5 Å². The quantitative estimate of drug-likeness (QED) is 0.655. The van der Waals surface area contributed by atoms with Gasteiger partial charge in [0.2, 0.25) is 10.0 Å². The van der Waals surface area contributed by atoms with Gasteiger partial charge in [0.05, 0.1) is 15.2 Å². The van der Waals surface area contributed by atoms with Crippen LogP contribution in [0.15, 0.2) is 39.0 Å². The van der Waals surface area contributed by atoms with Gasteiger partial charge >= 0.3 is 0 Å². The number of thiophene rings is 1. The number of halogens is 1. The molecule has 146 valence electrons. The molecular formula is C19H23BrN2O3S2. The second-order valence-electron chi connectivity index (χ2n) is 6.81. The summed E-state index contributed by atoms with van der Waals surface area (Å²) in [6.07, 6.45) is 2.83. The Balaban J connectivity index is 1.84. The molecule has 3 rings (SSSR count). The lowest BCUT2D eigenvalue weighted by Gasteiger charge is -2.27. The molecular weight excluding hydrogens is 448 g/mol. The first kappa shape index (κ1) is 20.5. The highest BCUT2D eigenvalue weighted by molar-refractivity contribution is 9.11. The number of amides is 1. The minimum atomic E-state index is -3.57. The van der Waals surface area contributed by atoms with Gasteiger partial charge in [0.15, 0.2) is 0 Å². The second kappa shape index (κ2) is 8.43. The standard InChI is InChI=1S/C19H23BrN2O3S2/c1-14-6-7-15(19(23)21(2)13-16-8-9-18(20)26-16)12-17(14)27(24,25)22-10-4-3-5-11-22/h6-9,12H,3-5,10-11,13H2,1-2H3. The molecule has 0 N–H and O–H groups in total. The third-order valence-electron chi connectivity index (χ3n) is 4.74. The van der Waals surface area contributed by atoms with E-state index in [9.17, 15) is 13.2 Å². The molecule has 0 spiro atoms. The third kappa shape index (κ3) is 4.62. The minimum absolute atomic E-state index is 0.186. The van der Waals surface area contributed by atoms with E-state index in [1.807, 2.05) is 12.1 Å². The maximum atomic E-state index is 13.0. The van der Waals surface area contributed by atoms with Gasteiger partial charge in [0.25, 0.3) is 5.91 Å². The van der Waals surface area contributed by atoms with Crippen molar-refractivity contribution in [1.82, 2.24) is 9.21 Å². The Kier molecular flexibility index (Phi) is 6.40. The molecule has 0 unspecified atom stereocenters. The van der Waals surface area contributed by atoms with Crippen LogP contribution in [0.1, 0.15) is 40.1 Å². The van der Waals surface area contributed by atoms with E-state index in [0.29, 0.717) is 30.8 Å². The van der Waals surface area contributed by atoms with E-state index in [0.717, 1.165) is 27.9 Å². The average Bonchev–Trinajstić information content (AvgIpc) is 3.06. The fraction of sp³-hybridized carbons (Fsp3) is 0.421. The van der Waals surface area contributed by atoms with Crippen molar-refractivity contribution in [3.63, 3.8) is 0 Å². The number of rotatable bonds is 5. The van der Waals surface area contributed by atoms with E-state index in [1.54, 1.807) is 46.6 Å². The number of nitrogens with zero attached hydrogens (tertiary/aromatic N) is 2. The molecule has 8 heteroatoms. The number of hydrogen-bond acceptors (Lipinski definition) is 4. The molecule has 0 saturated carbocycles. The van der Waals surface area contributed by atoms with E-state index in [-0.39, 0.29) is 10.8 Å². The lowest BCUT2D eigenvalue weighted by molar-refractivity contribution is 0.0786. The summed E-state index contributed by atoms with van der Waals surface area (Å²) >= 11 is 5.00. The summed E-state index contributed by atoms with van der Waals surface area (Å²) < 4.78 is 28.6. The summed E-state index contributed by atoms with van der Waals surface area (Å²) in [6.45, 7) is 3.36. The van der Waals surface area contributed by atoms with Crippen LogP contribution in [0.2, 0.25) is 0 Å². The Hall–Kier alpha value is -1.22. The molecule has 1 fully saturated rings. The summed E-state index contributed by atoms with van der Waals surface area (Å²) in [5.74, 6) is -0.186. The number of aryl methyl sites for hydroxylation is 1. The molecule has 1 aromatic carbocycles. The summed E-state index contributed by atoms with van der Waals surface area (Å²) in [7, 11) is -1.84. The van der Waals surface area contributed by atoms with Gasteiger partial charge in [-0.15, -0.1) is 11.3 Å². The molecule has 1 aliphatic rings. The van der Waals surface area contributed by atoms with Crippen molar-refractivity contribution in [1.29, 1.82) is 0 Å². The van der Waals surface area contributed by atoms with Crippen molar-refractivity contribution in [3.8, 4) is 0 Å². The van der Waals surface area contributed by atoms with Gasteiger partial charge in [-0.2, -0.15) is 4.31 Å². The van der Waals surface area contributed by atoms with Crippen LogP contribution in [0.3, 0.4) is 0 Å². The fourth-order valence-electron chi connectivity index (χ4n) is 3.22. The normalized spacial score (nSPS) is 15.7. The fourth-order valence-corrected chi connectivity index (χ4v) is 6.52. The SMILES string of the molecule is Cc1ccc(C(=O)N(C)Cc2ccc(Br)s2)cc1S(=O)(=O)N1CCCCC1. The molecule has 1 aromatic heterocycles. The highest BCUT2D eigenvalue weighted by Crippen LogP contribution is 2.26. The van der Waals surface area contributed by atoms with Crippen molar-refractivity contribution in [2.24, 2.45) is 0 Å².